The van der Waals surface area contributed by atoms with Crippen LogP contribution in [0.5, 0.6) is 0 Å². The van der Waals surface area contributed by atoms with Gasteiger partial charge in [-0.3, -0.25) is 0 Å². The molecule has 1 unspecified atom stereocenters. The van der Waals surface area contributed by atoms with E-state index >= 15 is 0 Å². The molecule has 0 radical (unpaired) electrons. The van der Waals surface area contributed by atoms with E-state index in [1.807, 2.05) is 24.3 Å². The van der Waals surface area contributed by atoms with Crippen LogP contribution in [0.1, 0.15) is 25.8 Å². The normalized spacial score (nSPS) is 11.8. The zero-order valence-corrected chi connectivity index (χ0v) is 8.04. The Hall–Kier alpha value is -1.49. The van der Waals surface area contributed by atoms with E-state index in [-0.39, 0.29) is 0 Å². The summed E-state index contributed by atoms with van der Waals surface area (Å²) in [5, 5.41) is 12.0. The second kappa shape index (κ2) is 4.51. The number of nitrogens with zero attached hydrogens (tertiary/aromatic N) is 1. The first-order chi connectivity index (χ1) is 6.26. The summed E-state index contributed by atoms with van der Waals surface area (Å²) < 4.78 is 0. The maximum atomic E-state index is 8.68. The van der Waals surface area contributed by atoms with E-state index in [1.165, 1.54) is 0 Å². The van der Waals surface area contributed by atoms with Crippen molar-refractivity contribution in [1.82, 2.24) is 0 Å². The van der Waals surface area contributed by atoms with E-state index in [4.69, 9.17) is 5.26 Å². The second-order valence-corrected chi connectivity index (χ2v) is 3.15. The average Bonchev–Trinajstić information content (AvgIpc) is 2.18. The molecule has 0 aliphatic carbocycles. The van der Waals surface area contributed by atoms with Crippen LogP contribution in [-0.4, -0.2) is 6.04 Å². The Morgan fingerprint density at radius 2 is 2.31 bits per heavy atom. The van der Waals surface area contributed by atoms with E-state index in [0.29, 0.717) is 11.6 Å². The van der Waals surface area contributed by atoms with Crippen molar-refractivity contribution >= 4 is 5.69 Å². The molecule has 13 heavy (non-hydrogen) atoms. The van der Waals surface area contributed by atoms with Crippen LogP contribution < -0.4 is 5.32 Å². The minimum absolute atomic E-state index is 0.453. The van der Waals surface area contributed by atoms with Crippen molar-refractivity contribution in [2.24, 2.45) is 0 Å². The maximum absolute atomic E-state index is 8.68. The maximum Gasteiger partial charge on any atom is 0.0992 e. The quantitative estimate of drug-likeness (QED) is 0.764. The summed E-state index contributed by atoms with van der Waals surface area (Å²) in [7, 11) is 0. The minimum Gasteiger partial charge on any atom is -0.383 e. The molecule has 2 heteroatoms. The van der Waals surface area contributed by atoms with Crippen molar-refractivity contribution in [2.75, 3.05) is 5.32 Å². The van der Waals surface area contributed by atoms with Crippen molar-refractivity contribution in [3.63, 3.8) is 0 Å². The highest BCUT2D eigenvalue weighted by atomic mass is 14.9. The van der Waals surface area contributed by atoms with Crippen molar-refractivity contribution in [2.45, 2.75) is 26.3 Å². The fraction of sp³-hybridized carbons (Fsp3) is 0.364. The molecule has 1 aromatic carbocycles. The molecule has 68 valence electrons. The molecule has 0 heterocycles. The van der Waals surface area contributed by atoms with Gasteiger partial charge in [0, 0.05) is 11.7 Å². The van der Waals surface area contributed by atoms with Gasteiger partial charge in [0.05, 0.1) is 11.6 Å². The Labute approximate surface area is 79.2 Å². The number of anilines is 1. The summed E-state index contributed by atoms with van der Waals surface area (Å²) in [6.45, 7) is 4.25. The van der Waals surface area contributed by atoms with Crippen LogP contribution in [0.4, 0.5) is 5.69 Å². The first-order valence-corrected chi connectivity index (χ1v) is 4.53. The average molecular weight is 174 g/mol. The zero-order chi connectivity index (χ0) is 9.68. The Morgan fingerprint density at radius 1 is 1.54 bits per heavy atom. The zero-order valence-electron chi connectivity index (χ0n) is 8.04. The molecule has 0 aliphatic heterocycles. The molecule has 0 fully saturated rings. The van der Waals surface area contributed by atoms with Gasteiger partial charge >= 0.3 is 0 Å². The third kappa shape index (κ3) is 2.79. The van der Waals surface area contributed by atoms with Crippen LogP contribution in [-0.2, 0) is 0 Å². The molecule has 0 aromatic heterocycles. The van der Waals surface area contributed by atoms with Gasteiger partial charge in [-0.1, -0.05) is 13.0 Å². The number of hydrogen-bond donors (Lipinski definition) is 1. The first kappa shape index (κ1) is 9.60. The van der Waals surface area contributed by atoms with Crippen molar-refractivity contribution in [3.8, 4) is 6.07 Å². The SMILES string of the molecule is CCC(C)Nc1cccc(C#N)c1. The molecular formula is C11H14N2. The number of nitriles is 1. The predicted octanol–water partition coefficient (Wildman–Crippen LogP) is 2.77. The standard InChI is InChI=1S/C11H14N2/c1-3-9(2)13-11-6-4-5-10(7-11)8-12/h4-7,9,13H,3H2,1-2H3. The molecule has 0 amide bonds. The topological polar surface area (TPSA) is 35.8 Å². The molecule has 0 spiro atoms. The van der Waals surface area contributed by atoms with Gasteiger partial charge in [-0.25, -0.2) is 0 Å². The fourth-order valence-electron chi connectivity index (χ4n) is 1.07. The van der Waals surface area contributed by atoms with Crippen LogP contribution in [0.25, 0.3) is 0 Å². The van der Waals surface area contributed by atoms with Gasteiger partial charge in [0.1, 0.15) is 0 Å². The van der Waals surface area contributed by atoms with Gasteiger partial charge in [0.2, 0.25) is 0 Å². The highest BCUT2D eigenvalue weighted by Crippen LogP contribution is 2.11. The van der Waals surface area contributed by atoms with Crippen LogP contribution >= 0.6 is 0 Å². The van der Waals surface area contributed by atoms with Crippen LogP contribution in [0.2, 0.25) is 0 Å². The molecule has 0 saturated heterocycles. The summed E-state index contributed by atoms with van der Waals surface area (Å²) >= 11 is 0. The summed E-state index contributed by atoms with van der Waals surface area (Å²) in [6, 6.07) is 10.1. The highest BCUT2D eigenvalue weighted by molar-refractivity contribution is 5.49. The summed E-state index contributed by atoms with van der Waals surface area (Å²) in [4.78, 5) is 0. The largest absolute Gasteiger partial charge is 0.383 e. The van der Waals surface area contributed by atoms with E-state index in [2.05, 4.69) is 25.2 Å². The Kier molecular flexibility index (Phi) is 3.33. The van der Waals surface area contributed by atoms with Crippen LogP contribution in [0.3, 0.4) is 0 Å². The van der Waals surface area contributed by atoms with E-state index < -0.39 is 0 Å². The lowest BCUT2D eigenvalue weighted by atomic mass is 10.2. The predicted molar refractivity (Wildman–Crippen MR) is 54.5 cm³/mol. The van der Waals surface area contributed by atoms with Crippen LogP contribution in [0.15, 0.2) is 24.3 Å². The summed E-state index contributed by atoms with van der Waals surface area (Å²) in [5.74, 6) is 0. The van der Waals surface area contributed by atoms with Crippen molar-refractivity contribution < 1.29 is 0 Å². The lowest BCUT2D eigenvalue weighted by molar-refractivity contribution is 0.764. The second-order valence-electron chi connectivity index (χ2n) is 3.15. The van der Waals surface area contributed by atoms with Gasteiger partial charge in [-0.05, 0) is 31.5 Å². The number of benzene rings is 1. The monoisotopic (exact) mass is 174 g/mol. The molecule has 1 atom stereocenters. The molecule has 0 saturated carbocycles. The lowest BCUT2D eigenvalue weighted by Crippen LogP contribution is -2.13. The summed E-state index contributed by atoms with van der Waals surface area (Å²) in [5.41, 5.74) is 1.72. The third-order valence-corrected chi connectivity index (χ3v) is 2.02. The van der Waals surface area contributed by atoms with Gasteiger partial charge in [-0.2, -0.15) is 5.26 Å². The molecule has 1 rings (SSSR count). The fourth-order valence-corrected chi connectivity index (χ4v) is 1.07. The molecule has 2 nitrogen and oxygen atoms in total. The van der Waals surface area contributed by atoms with Gasteiger partial charge in [-0.15, -0.1) is 0 Å². The third-order valence-electron chi connectivity index (χ3n) is 2.02. The minimum atomic E-state index is 0.453. The highest BCUT2D eigenvalue weighted by Gasteiger charge is 1.98. The summed E-state index contributed by atoms with van der Waals surface area (Å²) in [6.07, 6.45) is 1.08. The number of nitrogens with one attached hydrogen (secondary N) is 1. The number of hydrogen-bond acceptors (Lipinski definition) is 2. The Balaban J connectivity index is 2.73. The molecule has 1 N–H and O–H groups in total. The smallest absolute Gasteiger partial charge is 0.0992 e. The van der Waals surface area contributed by atoms with Crippen LogP contribution in [0, 0.1) is 11.3 Å². The van der Waals surface area contributed by atoms with Crippen molar-refractivity contribution in [3.05, 3.63) is 29.8 Å². The Morgan fingerprint density at radius 3 is 2.92 bits per heavy atom. The van der Waals surface area contributed by atoms with Gasteiger partial charge in [0.15, 0.2) is 0 Å². The van der Waals surface area contributed by atoms with Gasteiger partial charge < -0.3 is 5.32 Å². The Bertz CT molecular complexity index is 312. The van der Waals surface area contributed by atoms with E-state index in [0.717, 1.165) is 12.1 Å². The van der Waals surface area contributed by atoms with E-state index in [1.54, 1.807) is 0 Å². The van der Waals surface area contributed by atoms with Crippen molar-refractivity contribution in [1.29, 1.82) is 5.26 Å². The molecule has 1 aromatic rings. The van der Waals surface area contributed by atoms with Gasteiger partial charge in [0.25, 0.3) is 0 Å². The molecule has 0 bridgehead atoms. The number of rotatable bonds is 3. The first-order valence-electron chi connectivity index (χ1n) is 4.53. The molecular weight excluding hydrogens is 160 g/mol. The lowest BCUT2D eigenvalue weighted by Gasteiger charge is -2.12. The molecule has 0 aliphatic rings. The van der Waals surface area contributed by atoms with E-state index in [9.17, 15) is 0 Å².